The lowest BCUT2D eigenvalue weighted by Gasteiger charge is -2.26. The third-order valence-corrected chi connectivity index (χ3v) is 2.03. The number of piperazine rings is 1. The van der Waals surface area contributed by atoms with Crippen LogP contribution in [0.25, 0.3) is 0 Å². The van der Waals surface area contributed by atoms with Gasteiger partial charge >= 0.3 is 0 Å². The molecule has 0 saturated carbocycles. The van der Waals surface area contributed by atoms with Gasteiger partial charge in [-0.2, -0.15) is 0 Å². The van der Waals surface area contributed by atoms with Crippen molar-refractivity contribution in [1.82, 2.24) is 15.5 Å². The number of hydrogen-bond acceptors (Lipinski definition) is 3. The van der Waals surface area contributed by atoms with Crippen LogP contribution in [0.3, 0.4) is 0 Å². The maximum atomic E-state index is 11.3. The lowest BCUT2D eigenvalue weighted by Crippen LogP contribution is -2.48. The zero-order valence-electron chi connectivity index (χ0n) is 9.28. The van der Waals surface area contributed by atoms with E-state index in [0.29, 0.717) is 6.54 Å². The average Bonchev–Trinajstić information content (AvgIpc) is 2.04. The highest BCUT2D eigenvalue weighted by atomic mass is 35.5. The second-order valence-electron chi connectivity index (χ2n) is 3.75. The van der Waals surface area contributed by atoms with Crippen molar-refractivity contribution in [3.63, 3.8) is 0 Å². The smallest absolute Gasteiger partial charge is 0.234 e. The Morgan fingerprint density at radius 2 is 1.87 bits per heavy atom. The summed E-state index contributed by atoms with van der Waals surface area (Å²) in [6, 6.07) is 0.246. The maximum absolute atomic E-state index is 11.3. The number of carbonyl (C=O) groups excluding carboxylic acids is 1. The number of rotatable bonds is 3. The zero-order valence-corrected chi connectivity index (χ0v) is 10.9. The molecule has 0 atom stereocenters. The molecule has 2 N–H and O–H groups in total. The highest BCUT2D eigenvalue weighted by Gasteiger charge is 2.13. The molecule has 92 valence electrons. The quantitative estimate of drug-likeness (QED) is 0.763. The number of carbonyl (C=O) groups is 1. The molecule has 0 aromatic rings. The van der Waals surface area contributed by atoms with Gasteiger partial charge in [0.05, 0.1) is 6.54 Å². The van der Waals surface area contributed by atoms with Crippen molar-refractivity contribution in [2.45, 2.75) is 19.9 Å². The van der Waals surface area contributed by atoms with Gasteiger partial charge in [-0.15, -0.1) is 24.8 Å². The standard InChI is InChI=1S/C9H19N3O.2ClH/c1-8(2)11-9(13)7-12-5-3-10-4-6-12;;/h8,10H,3-7H2,1-2H3,(H,11,13);2*1H. The van der Waals surface area contributed by atoms with Crippen molar-refractivity contribution in [3.8, 4) is 0 Å². The molecule has 1 aliphatic rings. The van der Waals surface area contributed by atoms with Crippen LogP contribution in [0, 0.1) is 0 Å². The van der Waals surface area contributed by atoms with E-state index in [1.807, 2.05) is 13.8 Å². The molecule has 1 heterocycles. The summed E-state index contributed by atoms with van der Waals surface area (Å²) >= 11 is 0. The summed E-state index contributed by atoms with van der Waals surface area (Å²) in [7, 11) is 0. The summed E-state index contributed by atoms with van der Waals surface area (Å²) in [5.41, 5.74) is 0. The van der Waals surface area contributed by atoms with E-state index in [1.165, 1.54) is 0 Å². The summed E-state index contributed by atoms with van der Waals surface area (Å²) in [4.78, 5) is 13.5. The number of nitrogens with one attached hydrogen (secondary N) is 2. The van der Waals surface area contributed by atoms with Crippen molar-refractivity contribution < 1.29 is 4.79 Å². The topological polar surface area (TPSA) is 44.4 Å². The molecule has 0 aromatic carbocycles. The fraction of sp³-hybridized carbons (Fsp3) is 0.889. The molecule has 4 nitrogen and oxygen atoms in total. The first-order valence-corrected chi connectivity index (χ1v) is 4.91. The summed E-state index contributed by atoms with van der Waals surface area (Å²) < 4.78 is 0. The molecule has 1 aliphatic heterocycles. The van der Waals surface area contributed by atoms with Crippen LogP contribution in [0.1, 0.15) is 13.8 Å². The second kappa shape index (κ2) is 9.21. The van der Waals surface area contributed by atoms with E-state index in [4.69, 9.17) is 0 Å². The largest absolute Gasteiger partial charge is 0.353 e. The van der Waals surface area contributed by atoms with Crippen molar-refractivity contribution in [1.29, 1.82) is 0 Å². The molecule has 1 rings (SSSR count). The Morgan fingerprint density at radius 1 is 1.33 bits per heavy atom. The Labute approximate surface area is 104 Å². The summed E-state index contributed by atoms with van der Waals surface area (Å²) in [6.45, 7) is 8.45. The van der Waals surface area contributed by atoms with Crippen molar-refractivity contribution in [3.05, 3.63) is 0 Å². The molecular formula is C9H21Cl2N3O. The third-order valence-electron chi connectivity index (χ3n) is 2.03. The lowest BCUT2D eigenvalue weighted by atomic mass is 10.3. The van der Waals surface area contributed by atoms with Gasteiger partial charge < -0.3 is 10.6 Å². The Balaban J connectivity index is 0. The fourth-order valence-corrected chi connectivity index (χ4v) is 1.44. The minimum absolute atomic E-state index is 0. The SMILES string of the molecule is CC(C)NC(=O)CN1CCNCC1.Cl.Cl. The molecular weight excluding hydrogens is 237 g/mol. The number of hydrogen-bond donors (Lipinski definition) is 2. The first-order valence-electron chi connectivity index (χ1n) is 4.91. The highest BCUT2D eigenvalue weighted by molar-refractivity contribution is 5.85. The van der Waals surface area contributed by atoms with Gasteiger partial charge in [-0.25, -0.2) is 0 Å². The molecule has 15 heavy (non-hydrogen) atoms. The van der Waals surface area contributed by atoms with Crippen LogP contribution in [0.15, 0.2) is 0 Å². The third kappa shape index (κ3) is 7.85. The Kier molecular flexibility index (Phi) is 10.7. The van der Waals surface area contributed by atoms with E-state index in [1.54, 1.807) is 0 Å². The van der Waals surface area contributed by atoms with Gasteiger partial charge in [0.25, 0.3) is 0 Å². The minimum atomic E-state index is 0. The van der Waals surface area contributed by atoms with Crippen LogP contribution in [0.2, 0.25) is 0 Å². The summed E-state index contributed by atoms with van der Waals surface area (Å²) in [5.74, 6) is 0.136. The highest BCUT2D eigenvalue weighted by Crippen LogP contribution is 1.91. The summed E-state index contributed by atoms with van der Waals surface area (Å²) in [6.07, 6.45) is 0. The maximum Gasteiger partial charge on any atom is 0.234 e. The van der Waals surface area contributed by atoms with E-state index < -0.39 is 0 Å². The fourth-order valence-electron chi connectivity index (χ4n) is 1.44. The van der Waals surface area contributed by atoms with Crippen LogP contribution in [0.5, 0.6) is 0 Å². The molecule has 0 aliphatic carbocycles. The van der Waals surface area contributed by atoms with Crippen LogP contribution < -0.4 is 10.6 Å². The van der Waals surface area contributed by atoms with Gasteiger partial charge in [0.1, 0.15) is 0 Å². The van der Waals surface area contributed by atoms with Gasteiger partial charge in [-0.05, 0) is 13.8 Å². The normalized spacial score (nSPS) is 16.5. The van der Waals surface area contributed by atoms with Crippen molar-refractivity contribution in [2.24, 2.45) is 0 Å². The zero-order chi connectivity index (χ0) is 9.68. The molecule has 0 aromatic heterocycles. The molecule has 0 spiro atoms. The van der Waals surface area contributed by atoms with Gasteiger partial charge in [0.15, 0.2) is 0 Å². The van der Waals surface area contributed by atoms with Crippen molar-refractivity contribution in [2.75, 3.05) is 32.7 Å². The van der Waals surface area contributed by atoms with Gasteiger partial charge in [-0.1, -0.05) is 0 Å². The van der Waals surface area contributed by atoms with Crippen LogP contribution in [0.4, 0.5) is 0 Å². The summed E-state index contributed by atoms with van der Waals surface area (Å²) in [5, 5.41) is 6.14. The number of amides is 1. The van der Waals surface area contributed by atoms with Gasteiger partial charge in [-0.3, -0.25) is 9.69 Å². The monoisotopic (exact) mass is 257 g/mol. The van der Waals surface area contributed by atoms with Crippen LogP contribution in [-0.4, -0.2) is 49.6 Å². The predicted molar refractivity (Wildman–Crippen MR) is 67.1 cm³/mol. The van der Waals surface area contributed by atoms with E-state index in [2.05, 4.69) is 15.5 Å². The number of halogens is 2. The van der Waals surface area contributed by atoms with E-state index in [0.717, 1.165) is 26.2 Å². The minimum Gasteiger partial charge on any atom is -0.353 e. The molecule has 6 heteroatoms. The van der Waals surface area contributed by atoms with Gasteiger partial charge in [0.2, 0.25) is 5.91 Å². The molecule has 0 unspecified atom stereocenters. The molecule has 1 amide bonds. The first kappa shape index (κ1) is 17.4. The second-order valence-corrected chi connectivity index (χ2v) is 3.75. The van der Waals surface area contributed by atoms with E-state index >= 15 is 0 Å². The van der Waals surface area contributed by atoms with Crippen LogP contribution >= 0.6 is 24.8 Å². The Bertz CT molecular complexity index is 173. The van der Waals surface area contributed by atoms with E-state index in [9.17, 15) is 4.79 Å². The first-order chi connectivity index (χ1) is 6.18. The Hall–Kier alpha value is -0.0300. The molecule has 0 bridgehead atoms. The predicted octanol–water partition coefficient (Wildman–Crippen LogP) is 0.260. The lowest BCUT2D eigenvalue weighted by molar-refractivity contribution is -0.122. The molecule has 0 radical (unpaired) electrons. The van der Waals surface area contributed by atoms with Crippen molar-refractivity contribution >= 4 is 30.7 Å². The average molecular weight is 258 g/mol. The molecule has 1 saturated heterocycles. The van der Waals surface area contributed by atoms with E-state index in [-0.39, 0.29) is 36.8 Å². The Morgan fingerprint density at radius 3 is 2.33 bits per heavy atom. The van der Waals surface area contributed by atoms with Crippen LogP contribution in [-0.2, 0) is 4.79 Å². The molecule has 1 fully saturated rings. The number of nitrogens with zero attached hydrogens (tertiary/aromatic N) is 1. The van der Waals surface area contributed by atoms with Gasteiger partial charge in [0, 0.05) is 32.2 Å².